The van der Waals surface area contributed by atoms with Crippen LogP contribution in [0.3, 0.4) is 0 Å². The Labute approximate surface area is 248 Å². The van der Waals surface area contributed by atoms with Crippen LogP contribution in [-0.2, 0) is 10.0 Å². The Morgan fingerprint density at radius 3 is 2.53 bits per heavy atom. The number of nitrogens with two attached hydrogens (primary N) is 1. The smallest absolute Gasteiger partial charge is 0.263 e. The van der Waals surface area contributed by atoms with Crippen LogP contribution in [0, 0.1) is 11.6 Å². The van der Waals surface area contributed by atoms with E-state index in [-0.39, 0.29) is 33.6 Å². The van der Waals surface area contributed by atoms with Crippen LogP contribution in [0.1, 0.15) is 10.4 Å². The molecule has 43 heavy (non-hydrogen) atoms. The maximum absolute atomic E-state index is 15.6. The predicted octanol–water partition coefficient (Wildman–Crippen LogP) is 5.59. The van der Waals surface area contributed by atoms with Crippen LogP contribution in [0.25, 0.3) is 27.8 Å². The minimum Gasteiger partial charge on any atom is -0.333 e. The number of carbonyl (C=O) groups is 1. The summed E-state index contributed by atoms with van der Waals surface area (Å²) >= 11 is 6.02. The van der Waals surface area contributed by atoms with Crippen molar-refractivity contribution in [1.82, 2.24) is 19.5 Å². The van der Waals surface area contributed by atoms with Gasteiger partial charge in [0, 0.05) is 17.1 Å². The van der Waals surface area contributed by atoms with Gasteiger partial charge in [0.15, 0.2) is 17.4 Å². The Hall–Kier alpha value is -4.98. The lowest BCUT2D eigenvalue weighted by atomic mass is 10.1. The maximum Gasteiger partial charge on any atom is 0.263 e. The number of anilines is 3. The van der Waals surface area contributed by atoms with Crippen molar-refractivity contribution < 1.29 is 22.0 Å². The van der Waals surface area contributed by atoms with Gasteiger partial charge in [-0.3, -0.25) is 9.52 Å². The Bertz CT molecular complexity index is 2170. The summed E-state index contributed by atoms with van der Waals surface area (Å²) in [4.78, 5) is 25.2. The summed E-state index contributed by atoms with van der Waals surface area (Å²) in [5.74, 6) is -2.16. The van der Waals surface area contributed by atoms with Gasteiger partial charge >= 0.3 is 0 Å². The van der Waals surface area contributed by atoms with Crippen LogP contribution in [0.2, 0.25) is 5.02 Å². The topological polar surface area (TPSA) is 145 Å². The molecular formula is C29H20ClF2N7O3S. The largest absolute Gasteiger partial charge is 0.333 e. The summed E-state index contributed by atoms with van der Waals surface area (Å²) in [6.45, 7) is -0.175. The van der Waals surface area contributed by atoms with Gasteiger partial charge in [-0.25, -0.2) is 32.2 Å². The number of Topliss-reactive ketones (excluding diaryl/α,β-unsaturated/α-hetero) is 1. The fraction of sp³-hybridized carbons (Fsp3) is 0.0345. The lowest BCUT2D eigenvalue weighted by Gasteiger charge is -2.15. The minimum atomic E-state index is -4.31. The van der Waals surface area contributed by atoms with Crippen molar-refractivity contribution in [3.63, 3.8) is 0 Å². The number of rotatable bonds is 8. The number of para-hydroxylation sites is 1. The molecule has 3 aromatic heterocycles. The molecule has 216 valence electrons. The number of hydrogen-bond donors (Lipinski definition) is 3. The van der Waals surface area contributed by atoms with Crippen molar-refractivity contribution in [2.45, 2.75) is 4.90 Å². The Kier molecular flexibility index (Phi) is 7.22. The summed E-state index contributed by atoms with van der Waals surface area (Å²) in [5.41, 5.74) is 6.04. The lowest BCUT2D eigenvalue weighted by Crippen LogP contribution is -2.15. The third kappa shape index (κ3) is 5.14. The molecule has 6 rings (SSSR count). The summed E-state index contributed by atoms with van der Waals surface area (Å²) in [7, 11) is -4.31. The average Bonchev–Trinajstić information content (AvgIpc) is 3.40. The number of ketones is 1. The van der Waals surface area contributed by atoms with E-state index in [1.807, 2.05) is 12.1 Å². The molecular weight excluding hydrogens is 600 g/mol. The van der Waals surface area contributed by atoms with Crippen molar-refractivity contribution in [1.29, 1.82) is 0 Å². The average molecular weight is 620 g/mol. The second-order valence-corrected chi connectivity index (χ2v) is 11.3. The van der Waals surface area contributed by atoms with Gasteiger partial charge in [-0.2, -0.15) is 0 Å². The van der Waals surface area contributed by atoms with E-state index in [2.05, 4.69) is 25.0 Å². The van der Waals surface area contributed by atoms with Gasteiger partial charge in [0.1, 0.15) is 34.1 Å². The molecule has 0 fully saturated rings. The number of nitrogens with zero attached hydrogens (tertiary/aromatic N) is 4. The van der Waals surface area contributed by atoms with E-state index in [0.29, 0.717) is 27.8 Å². The van der Waals surface area contributed by atoms with Gasteiger partial charge in [-0.15, -0.1) is 0 Å². The predicted molar refractivity (Wildman–Crippen MR) is 159 cm³/mol. The zero-order chi connectivity index (χ0) is 30.3. The standard InChI is InChI=1S/C29H20ClF2N7O3S/c30-18-6-2-4-8-24(18)43(41,42)38-20-10-9-19(31)27(26(20)32)37-29-28-21(34-15-35-29)11-12-25(36-28)39-14-17(23(40)13-33)16-5-1-3-7-22(16)39/h1-12,14-15,38H,13,33H2,(H,34,35,37). The first kappa shape index (κ1) is 28.2. The second kappa shape index (κ2) is 11.0. The third-order valence-electron chi connectivity index (χ3n) is 6.62. The van der Waals surface area contributed by atoms with E-state index in [1.165, 1.54) is 24.5 Å². The van der Waals surface area contributed by atoms with E-state index in [9.17, 15) is 17.6 Å². The monoisotopic (exact) mass is 619 g/mol. The fourth-order valence-electron chi connectivity index (χ4n) is 4.58. The van der Waals surface area contributed by atoms with Gasteiger partial charge < -0.3 is 15.6 Å². The van der Waals surface area contributed by atoms with E-state index in [1.54, 1.807) is 41.1 Å². The van der Waals surface area contributed by atoms with Crippen LogP contribution < -0.4 is 15.8 Å². The number of benzene rings is 3. The van der Waals surface area contributed by atoms with Gasteiger partial charge in [-0.05, 0) is 42.5 Å². The first-order chi connectivity index (χ1) is 20.7. The normalized spacial score (nSPS) is 11.6. The molecule has 6 aromatic rings. The number of sulfonamides is 1. The highest BCUT2D eigenvalue weighted by Gasteiger charge is 2.23. The fourth-order valence-corrected chi connectivity index (χ4v) is 6.16. The molecule has 0 aliphatic carbocycles. The van der Waals surface area contributed by atoms with Crippen LogP contribution in [0.4, 0.5) is 26.0 Å². The molecule has 14 heteroatoms. The first-order valence-corrected chi connectivity index (χ1v) is 14.5. The van der Waals surface area contributed by atoms with Crippen molar-refractivity contribution in [2.24, 2.45) is 5.73 Å². The molecule has 0 radical (unpaired) electrons. The molecule has 0 aliphatic rings. The molecule has 0 unspecified atom stereocenters. The lowest BCUT2D eigenvalue weighted by molar-refractivity contribution is 0.100. The number of nitrogens with one attached hydrogen (secondary N) is 2. The van der Waals surface area contributed by atoms with E-state index < -0.39 is 33.0 Å². The summed E-state index contributed by atoms with van der Waals surface area (Å²) < 4.78 is 60.2. The minimum absolute atomic E-state index is 0.0505. The van der Waals surface area contributed by atoms with Crippen molar-refractivity contribution in [3.8, 4) is 5.82 Å². The maximum atomic E-state index is 15.6. The SMILES string of the molecule is NCC(=O)c1cn(-c2ccc3ncnc(Nc4c(F)ccc(NS(=O)(=O)c5ccccc5Cl)c4F)c3n2)c2ccccc12. The summed E-state index contributed by atoms with van der Waals surface area (Å²) in [5, 5.41) is 3.22. The molecule has 0 saturated heterocycles. The molecule has 0 saturated carbocycles. The highest BCUT2D eigenvalue weighted by molar-refractivity contribution is 7.92. The molecule has 0 amide bonds. The van der Waals surface area contributed by atoms with Crippen LogP contribution in [-0.4, -0.2) is 40.3 Å². The van der Waals surface area contributed by atoms with Crippen molar-refractivity contribution in [2.75, 3.05) is 16.6 Å². The molecule has 4 N–H and O–H groups in total. The number of pyridine rings is 1. The van der Waals surface area contributed by atoms with E-state index in [4.69, 9.17) is 17.3 Å². The summed E-state index contributed by atoms with van der Waals surface area (Å²) in [6.07, 6.45) is 2.81. The van der Waals surface area contributed by atoms with Crippen molar-refractivity contribution in [3.05, 3.63) is 108 Å². The quantitative estimate of drug-likeness (QED) is 0.187. The van der Waals surface area contributed by atoms with Gasteiger partial charge in [0.2, 0.25) is 0 Å². The zero-order valence-corrected chi connectivity index (χ0v) is 23.5. The Morgan fingerprint density at radius 2 is 1.74 bits per heavy atom. The molecule has 3 aromatic carbocycles. The highest BCUT2D eigenvalue weighted by Crippen LogP contribution is 2.33. The molecule has 0 bridgehead atoms. The molecule has 3 heterocycles. The van der Waals surface area contributed by atoms with Gasteiger partial charge in [0.05, 0.1) is 28.3 Å². The summed E-state index contributed by atoms with van der Waals surface area (Å²) in [6, 6.07) is 18.0. The van der Waals surface area contributed by atoms with Gasteiger partial charge in [0.25, 0.3) is 10.0 Å². The Balaban J connectivity index is 1.41. The molecule has 10 nitrogen and oxygen atoms in total. The number of carbonyl (C=O) groups excluding carboxylic acids is 1. The Morgan fingerprint density at radius 1 is 0.977 bits per heavy atom. The van der Waals surface area contributed by atoms with Crippen molar-refractivity contribution >= 4 is 66.5 Å². The van der Waals surface area contributed by atoms with E-state index >= 15 is 4.39 Å². The van der Waals surface area contributed by atoms with E-state index in [0.717, 1.165) is 12.1 Å². The zero-order valence-electron chi connectivity index (χ0n) is 21.9. The van der Waals surface area contributed by atoms with Crippen LogP contribution in [0.15, 0.2) is 90.2 Å². The van der Waals surface area contributed by atoms with Crippen LogP contribution >= 0.6 is 11.6 Å². The molecule has 0 atom stereocenters. The van der Waals surface area contributed by atoms with Gasteiger partial charge in [-0.1, -0.05) is 41.9 Å². The van der Waals surface area contributed by atoms with Crippen LogP contribution in [0.5, 0.6) is 0 Å². The molecule has 0 spiro atoms. The second-order valence-electron chi connectivity index (χ2n) is 9.26. The highest BCUT2D eigenvalue weighted by atomic mass is 35.5. The number of aromatic nitrogens is 4. The molecule has 0 aliphatic heterocycles. The number of hydrogen-bond acceptors (Lipinski definition) is 8. The number of halogens is 3. The third-order valence-corrected chi connectivity index (χ3v) is 8.48. The number of fused-ring (bicyclic) bond motifs is 2. The first-order valence-electron chi connectivity index (χ1n) is 12.7.